The van der Waals surface area contributed by atoms with Crippen LogP contribution in [-0.4, -0.2) is 49.3 Å². The second kappa shape index (κ2) is 4.62. The second-order valence-corrected chi connectivity index (χ2v) is 6.89. The molecule has 114 valence electrons. The number of amides is 1. The number of ether oxygens (including phenoxy) is 2. The third-order valence-electron chi connectivity index (χ3n) is 4.46. The minimum Gasteiger partial charge on any atom is -0.469 e. The zero-order valence-corrected chi connectivity index (χ0v) is 12.7. The molecule has 0 unspecified atom stereocenters. The fourth-order valence-corrected chi connectivity index (χ4v) is 3.28. The van der Waals surface area contributed by atoms with E-state index in [-0.39, 0.29) is 24.0 Å². The Morgan fingerprint density at radius 2 is 2.00 bits per heavy atom. The first-order chi connectivity index (χ1) is 9.20. The van der Waals surface area contributed by atoms with Gasteiger partial charge in [0.1, 0.15) is 5.60 Å². The van der Waals surface area contributed by atoms with E-state index in [1.807, 2.05) is 20.8 Å². The van der Waals surface area contributed by atoms with Gasteiger partial charge in [-0.05, 0) is 33.6 Å². The number of carbonyl (C=O) groups is 2. The van der Waals surface area contributed by atoms with Crippen molar-refractivity contribution < 1.29 is 19.1 Å². The van der Waals surface area contributed by atoms with Gasteiger partial charge in [-0.1, -0.05) is 0 Å². The third kappa shape index (κ3) is 2.26. The highest BCUT2D eigenvalue weighted by Crippen LogP contribution is 2.68. The van der Waals surface area contributed by atoms with Gasteiger partial charge >= 0.3 is 12.1 Å². The molecule has 0 aromatic heterocycles. The monoisotopic (exact) mass is 284 g/mol. The molecule has 1 amide bonds. The molecule has 0 aromatic rings. The van der Waals surface area contributed by atoms with Gasteiger partial charge in [0.05, 0.1) is 12.5 Å². The van der Waals surface area contributed by atoms with Gasteiger partial charge in [-0.15, -0.1) is 0 Å². The molecule has 6 nitrogen and oxygen atoms in total. The molecule has 2 N–H and O–H groups in total. The summed E-state index contributed by atoms with van der Waals surface area (Å²) in [7, 11) is 1.38. The maximum Gasteiger partial charge on any atom is 0.410 e. The number of nitrogens with two attached hydrogens (primary N) is 1. The Morgan fingerprint density at radius 3 is 2.50 bits per heavy atom. The van der Waals surface area contributed by atoms with Gasteiger partial charge < -0.3 is 20.1 Å². The molecule has 0 aromatic carbocycles. The zero-order valence-electron chi connectivity index (χ0n) is 12.7. The Bertz CT molecular complexity index is 431. The molecule has 1 spiro atoms. The topological polar surface area (TPSA) is 81.9 Å². The number of rotatable bonds is 2. The van der Waals surface area contributed by atoms with Crippen LogP contribution in [0.25, 0.3) is 0 Å². The van der Waals surface area contributed by atoms with Crippen LogP contribution in [0.4, 0.5) is 4.79 Å². The van der Waals surface area contributed by atoms with Crippen LogP contribution in [0.1, 0.15) is 33.6 Å². The summed E-state index contributed by atoms with van der Waals surface area (Å²) >= 11 is 0. The van der Waals surface area contributed by atoms with Crippen molar-refractivity contribution in [1.29, 1.82) is 0 Å². The highest BCUT2D eigenvalue weighted by atomic mass is 16.6. The van der Waals surface area contributed by atoms with Crippen molar-refractivity contribution in [2.45, 2.75) is 39.2 Å². The van der Waals surface area contributed by atoms with Gasteiger partial charge in [0.15, 0.2) is 0 Å². The molecule has 2 aliphatic rings. The van der Waals surface area contributed by atoms with E-state index in [4.69, 9.17) is 15.2 Å². The number of carbonyl (C=O) groups excluding carboxylic acids is 2. The van der Waals surface area contributed by atoms with Crippen LogP contribution < -0.4 is 5.73 Å². The smallest absolute Gasteiger partial charge is 0.410 e. The first-order valence-electron chi connectivity index (χ1n) is 6.96. The summed E-state index contributed by atoms with van der Waals surface area (Å²) in [4.78, 5) is 25.7. The standard InChI is InChI=1S/C14H24N2O4/c1-12(2,3)20-11(18)16-6-5-13(9-16)7-14(13,8-15)10(17)19-4/h5-9,15H2,1-4H3/t13-,14+/m1/s1. The molecule has 2 fully saturated rings. The van der Waals surface area contributed by atoms with Gasteiger partial charge in [-0.25, -0.2) is 4.79 Å². The minimum atomic E-state index is -0.613. The fraction of sp³-hybridized carbons (Fsp3) is 0.857. The molecule has 1 saturated carbocycles. The molecule has 2 rings (SSSR count). The molecule has 1 aliphatic carbocycles. The molecule has 2 atom stereocenters. The number of nitrogens with zero attached hydrogens (tertiary/aromatic N) is 1. The molecule has 20 heavy (non-hydrogen) atoms. The number of methoxy groups -OCH3 is 1. The highest BCUT2D eigenvalue weighted by Gasteiger charge is 2.73. The van der Waals surface area contributed by atoms with E-state index in [0.29, 0.717) is 19.5 Å². The van der Waals surface area contributed by atoms with E-state index < -0.39 is 11.0 Å². The average Bonchev–Trinajstić information content (AvgIpc) is 2.77. The lowest BCUT2D eigenvalue weighted by molar-refractivity contribution is -0.148. The SMILES string of the molecule is COC(=O)[C@@]1(CN)C[C@@]12CCN(C(=O)OC(C)(C)C)C2. The maximum absolute atomic E-state index is 12.1. The zero-order chi connectivity index (χ0) is 15.2. The highest BCUT2D eigenvalue weighted by molar-refractivity contribution is 5.83. The van der Waals surface area contributed by atoms with Crippen molar-refractivity contribution >= 4 is 12.1 Å². The summed E-state index contributed by atoms with van der Waals surface area (Å²) in [6, 6.07) is 0. The van der Waals surface area contributed by atoms with Gasteiger partial charge in [-0.3, -0.25) is 4.79 Å². The van der Waals surface area contributed by atoms with Crippen molar-refractivity contribution in [3.05, 3.63) is 0 Å². The molecule has 1 aliphatic heterocycles. The summed E-state index contributed by atoms with van der Waals surface area (Å²) in [5.74, 6) is -0.258. The lowest BCUT2D eigenvalue weighted by atomic mass is 9.92. The predicted octanol–water partition coefficient (Wildman–Crippen LogP) is 1.14. The average molecular weight is 284 g/mol. The quantitative estimate of drug-likeness (QED) is 0.769. The van der Waals surface area contributed by atoms with Crippen molar-refractivity contribution in [3.8, 4) is 0 Å². The summed E-state index contributed by atoms with van der Waals surface area (Å²) in [6.45, 7) is 6.91. The summed E-state index contributed by atoms with van der Waals surface area (Å²) < 4.78 is 10.2. The second-order valence-electron chi connectivity index (χ2n) is 6.89. The normalized spacial score (nSPS) is 32.4. The van der Waals surface area contributed by atoms with Crippen LogP contribution in [0.3, 0.4) is 0 Å². The molecule has 0 bridgehead atoms. The molecular formula is C14H24N2O4. The van der Waals surface area contributed by atoms with E-state index in [9.17, 15) is 9.59 Å². The van der Waals surface area contributed by atoms with E-state index in [1.165, 1.54) is 7.11 Å². The van der Waals surface area contributed by atoms with E-state index >= 15 is 0 Å². The molecule has 0 radical (unpaired) electrons. The Balaban J connectivity index is 2.04. The third-order valence-corrected chi connectivity index (χ3v) is 4.46. The van der Waals surface area contributed by atoms with Crippen molar-refractivity contribution in [1.82, 2.24) is 4.90 Å². The van der Waals surface area contributed by atoms with Crippen LogP contribution in [0.5, 0.6) is 0 Å². The summed E-state index contributed by atoms with van der Waals surface area (Å²) in [5, 5.41) is 0. The van der Waals surface area contributed by atoms with Crippen LogP contribution in [0.2, 0.25) is 0 Å². The lowest BCUT2D eigenvalue weighted by Crippen LogP contribution is -2.37. The maximum atomic E-state index is 12.1. The Kier molecular flexibility index (Phi) is 3.48. The summed E-state index contributed by atoms with van der Waals surface area (Å²) in [5.41, 5.74) is 4.45. The van der Waals surface area contributed by atoms with Crippen LogP contribution in [-0.2, 0) is 14.3 Å². The number of hydrogen-bond acceptors (Lipinski definition) is 5. The molecule has 1 heterocycles. The largest absolute Gasteiger partial charge is 0.469 e. The number of likely N-dealkylation sites (tertiary alicyclic amines) is 1. The van der Waals surface area contributed by atoms with Gasteiger partial charge in [-0.2, -0.15) is 0 Å². The first-order valence-corrected chi connectivity index (χ1v) is 6.96. The number of esters is 1. The van der Waals surface area contributed by atoms with Crippen LogP contribution >= 0.6 is 0 Å². The van der Waals surface area contributed by atoms with Crippen LogP contribution in [0, 0.1) is 10.8 Å². The summed E-state index contributed by atoms with van der Waals surface area (Å²) in [6.07, 6.45) is 1.15. The van der Waals surface area contributed by atoms with E-state index in [1.54, 1.807) is 4.90 Å². The van der Waals surface area contributed by atoms with Crippen molar-refractivity contribution in [2.24, 2.45) is 16.6 Å². The molecule has 6 heteroatoms. The first kappa shape index (κ1) is 15.1. The Hall–Kier alpha value is -1.30. The van der Waals surface area contributed by atoms with E-state index in [2.05, 4.69) is 0 Å². The minimum absolute atomic E-state index is 0.217. The van der Waals surface area contributed by atoms with E-state index in [0.717, 1.165) is 6.42 Å². The van der Waals surface area contributed by atoms with Crippen LogP contribution in [0.15, 0.2) is 0 Å². The van der Waals surface area contributed by atoms with Crippen molar-refractivity contribution in [2.75, 3.05) is 26.7 Å². The fourth-order valence-electron chi connectivity index (χ4n) is 3.28. The predicted molar refractivity (Wildman–Crippen MR) is 73.0 cm³/mol. The molecule has 1 saturated heterocycles. The molecular weight excluding hydrogens is 260 g/mol. The Morgan fingerprint density at radius 1 is 1.35 bits per heavy atom. The van der Waals surface area contributed by atoms with Gasteiger partial charge in [0, 0.05) is 25.0 Å². The van der Waals surface area contributed by atoms with Crippen molar-refractivity contribution in [3.63, 3.8) is 0 Å². The van der Waals surface area contributed by atoms with Gasteiger partial charge in [0.25, 0.3) is 0 Å². The Labute approximate surface area is 119 Å². The lowest BCUT2D eigenvalue weighted by Gasteiger charge is -2.25. The van der Waals surface area contributed by atoms with Gasteiger partial charge in [0.2, 0.25) is 0 Å². The number of hydrogen-bond donors (Lipinski definition) is 1.